The van der Waals surface area contributed by atoms with Gasteiger partial charge >= 0.3 is 0 Å². The van der Waals surface area contributed by atoms with E-state index in [2.05, 4.69) is 16.4 Å². The van der Waals surface area contributed by atoms with Crippen molar-refractivity contribution < 1.29 is 0 Å². The van der Waals surface area contributed by atoms with E-state index in [1.54, 1.807) is 0 Å². The lowest BCUT2D eigenvalue weighted by Gasteiger charge is -2.22. The molecule has 2 rings (SSSR count). The molecule has 1 saturated heterocycles. The Hall–Kier alpha value is -0.310. The second kappa shape index (κ2) is 7.04. The Morgan fingerprint density at radius 3 is 2.50 bits per heavy atom. The fourth-order valence-electron chi connectivity index (χ4n) is 1.77. The third kappa shape index (κ3) is 3.45. The molecular weight excluding hydrogens is 219 g/mol. The lowest BCUT2D eigenvalue weighted by molar-refractivity contribution is 0.459. The fourth-order valence-corrected chi connectivity index (χ4v) is 1.77. The van der Waals surface area contributed by atoms with Crippen LogP contribution in [0.4, 0.5) is 0 Å². The smallest absolute Gasteiger partial charge is 0.0302 e. The van der Waals surface area contributed by atoms with Gasteiger partial charge in [0, 0.05) is 12.4 Å². The summed E-state index contributed by atoms with van der Waals surface area (Å²) in [5.41, 5.74) is 1.40. The molecule has 0 amide bonds. The molecule has 0 aromatic carbocycles. The molecule has 2 heterocycles. The standard InChI is InChI=1S/C10H14N2.2ClH/c1-2-10(8-12-5-1)9-3-6-11-7-4-9;;/h1-2,5,8-9,11H,3-4,6-7H2;2*1H. The number of nitrogens with zero attached hydrogens (tertiary/aromatic N) is 1. The highest BCUT2D eigenvalue weighted by Gasteiger charge is 2.14. The highest BCUT2D eigenvalue weighted by atomic mass is 35.5. The van der Waals surface area contributed by atoms with Gasteiger partial charge in [0.25, 0.3) is 0 Å². The van der Waals surface area contributed by atoms with Gasteiger partial charge in [-0.2, -0.15) is 0 Å². The maximum absolute atomic E-state index is 4.14. The van der Waals surface area contributed by atoms with Crippen molar-refractivity contribution in [2.24, 2.45) is 0 Å². The average molecular weight is 235 g/mol. The molecule has 1 fully saturated rings. The molecule has 80 valence electrons. The molecule has 0 spiro atoms. The highest BCUT2D eigenvalue weighted by molar-refractivity contribution is 5.85. The summed E-state index contributed by atoms with van der Waals surface area (Å²) in [6, 6.07) is 4.21. The molecule has 1 N–H and O–H groups in total. The molecule has 0 radical (unpaired) electrons. The summed E-state index contributed by atoms with van der Waals surface area (Å²) >= 11 is 0. The Bertz CT molecular complexity index is 235. The molecule has 14 heavy (non-hydrogen) atoms. The zero-order valence-corrected chi connectivity index (χ0v) is 9.61. The van der Waals surface area contributed by atoms with Gasteiger partial charge in [0.2, 0.25) is 0 Å². The SMILES string of the molecule is Cl.Cl.c1cncc(C2CCNCC2)c1. The van der Waals surface area contributed by atoms with Crippen molar-refractivity contribution in [2.75, 3.05) is 13.1 Å². The monoisotopic (exact) mass is 234 g/mol. The van der Waals surface area contributed by atoms with E-state index in [4.69, 9.17) is 0 Å². The van der Waals surface area contributed by atoms with Gasteiger partial charge in [-0.15, -0.1) is 24.8 Å². The number of piperidine rings is 1. The van der Waals surface area contributed by atoms with Crippen molar-refractivity contribution in [1.29, 1.82) is 0 Å². The molecule has 0 unspecified atom stereocenters. The first-order chi connectivity index (χ1) is 5.97. The van der Waals surface area contributed by atoms with Gasteiger partial charge in [0.15, 0.2) is 0 Å². The molecule has 4 heteroatoms. The van der Waals surface area contributed by atoms with Crippen LogP contribution in [0.25, 0.3) is 0 Å². The molecule has 1 aromatic heterocycles. The van der Waals surface area contributed by atoms with Gasteiger partial charge in [-0.3, -0.25) is 4.98 Å². The Kier molecular flexibility index (Phi) is 6.89. The number of hydrogen-bond acceptors (Lipinski definition) is 2. The Morgan fingerprint density at radius 2 is 1.93 bits per heavy atom. The van der Waals surface area contributed by atoms with E-state index in [1.165, 1.54) is 18.4 Å². The molecule has 2 nitrogen and oxygen atoms in total. The lowest BCUT2D eigenvalue weighted by Crippen LogP contribution is -2.26. The van der Waals surface area contributed by atoms with Gasteiger partial charge in [0.05, 0.1) is 0 Å². The quantitative estimate of drug-likeness (QED) is 0.808. The summed E-state index contributed by atoms with van der Waals surface area (Å²) < 4.78 is 0. The van der Waals surface area contributed by atoms with Crippen molar-refractivity contribution in [1.82, 2.24) is 10.3 Å². The van der Waals surface area contributed by atoms with E-state index < -0.39 is 0 Å². The van der Waals surface area contributed by atoms with E-state index in [0.717, 1.165) is 19.0 Å². The van der Waals surface area contributed by atoms with Crippen LogP contribution in [0.3, 0.4) is 0 Å². The van der Waals surface area contributed by atoms with Gasteiger partial charge in [-0.25, -0.2) is 0 Å². The van der Waals surface area contributed by atoms with E-state index in [-0.39, 0.29) is 24.8 Å². The third-order valence-corrected chi connectivity index (χ3v) is 2.49. The molecule has 1 aliphatic rings. The minimum atomic E-state index is 0. The van der Waals surface area contributed by atoms with Crippen molar-refractivity contribution in [3.63, 3.8) is 0 Å². The summed E-state index contributed by atoms with van der Waals surface area (Å²) in [6.07, 6.45) is 6.35. The maximum atomic E-state index is 4.14. The minimum absolute atomic E-state index is 0. The number of aromatic nitrogens is 1. The summed E-state index contributed by atoms with van der Waals surface area (Å²) in [5.74, 6) is 0.736. The van der Waals surface area contributed by atoms with Crippen LogP contribution in [0, 0.1) is 0 Å². The van der Waals surface area contributed by atoms with E-state index in [1.807, 2.05) is 18.5 Å². The molecule has 0 aliphatic carbocycles. The largest absolute Gasteiger partial charge is 0.317 e. The first kappa shape index (κ1) is 13.7. The van der Waals surface area contributed by atoms with Crippen molar-refractivity contribution in [3.05, 3.63) is 30.1 Å². The van der Waals surface area contributed by atoms with Crippen LogP contribution < -0.4 is 5.32 Å². The average Bonchev–Trinajstić information content (AvgIpc) is 2.21. The first-order valence-electron chi connectivity index (χ1n) is 4.57. The second-order valence-corrected chi connectivity index (χ2v) is 3.31. The van der Waals surface area contributed by atoms with Gasteiger partial charge in [0.1, 0.15) is 0 Å². The van der Waals surface area contributed by atoms with Crippen LogP contribution in [0.15, 0.2) is 24.5 Å². The Balaban J connectivity index is 0.000000845. The number of rotatable bonds is 1. The van der Waals surface area contributed by atoms with Crippen LogP contribution in [0.1, 0.15) is 24.3 Å². The van der Waals surface area contributed by atoms with Crippen molar-refractivity contribution >= 4 is 24.8 Å². The molecule has 0 bridgehead atoms. The summed E-state index contributed by atoms with van der Waals surface area (Å²) in [5, 5.41) is 3.36. The van der Waals surface area contributed by atoms with Crippen molar-refractivity contribution in [3.8, 4) is 0 Å². The van der Waals surface area contributed by atoms with Gasteiger partial charge in [-0.05, 0) is 43.5 Å². The normalized spacial score (nSPS) is 16.6. The zero-order chi connectivity index (χ0) is 8.23. The van der Waals surface area contributed by atoms with Crippen LogP contribution in [-0.4, -0.2) is 18.1 Å². The number of nitrogens with one attached hydrogen (secondary N) is 1. The lowest BCUT2D eigenvalue weighted by atomic mass is 9.91. The summed E-state index contributed by atoms with van der Waals surface area (Å²) in [4.78, 5) is 4.14. The molecule has 0 saturated carbocycles. The van der Waals surface area contributed by atoms with Crippen molar-refractivity contribution in [2.45, 2.75) is 18.8 Å². The molecule has 0 atom stereocenters. The van der Waals surface area contributed by atoms with Crippen LogP contribution in [-0.2, 0) is 0 Å². The topological polar surface area (TPSA) is 24.9 Å². The third-order valence-electron chi connectivity index (χ3n) is 2.49. The Morgan fingerprint density at radius 1 is 1.21 bits per heavy atom. The maximum Gasteiger partial charge on any atom is 0.0302 e. The highest BCUT2D eigenvalue weighted by Crippen LogP contribution is 2.23. The predicted octanol–water partition coefficient (Wildman–Crippen LogP) is 2.39. The first-order valence-corrected chi connectivity index (χ1v) is 4.57. The zero-order valence-electron chi connectivity index (χ0n) is 7.98. The van der Waals surface area contributed by atoms with E-state index in [0.29, 0.717) is 0 Å². The number of halogens is 2. The number of pyridine rings is 1. The van der Waals surface area contributed by atoms with E-state index >= 15 is 0 Å². The number of hydrogen-bond donors (Lipinski definition) is 1. The summed E-state index contributed by atoms with van der Waals surface area (Å²) in [7, 11) is 0. The predicted molar refractivity (Wildman–Crippen MR) is 63.6 cm³/mol. The van der Waals surface area contributed by atoms with Crippen LogP contribution >= 0.6 is 24.8 Å². The fraction of sp³-hybridized carbons (Fsp3) is 0.500. The summed E-state index contributed by atoms with van der Waals surface area (Å²) in [6.45, 7) is 2.30. The van der Waals surface area contributed by atoms with E-state index in [9.17, 15) is 0 Å². The second-order valence-electron chi connectivity index (χ2n) is 3.31. The van der Waals surface area contributed by atoms with Crippen LogP contribution in [0.2, 0.25) is 0 Å². The molecule has 1 aromatic rings. The molecular formula is C10H16Cl2N2. The minimum Gasteiger partial charge on any atom is -0.317 e. The Labute approximate surface area is 97.3 Å². The van der Waals surface area contributed by atoms with Crippen LogP contribution in [0.5, 0.6) is 0 Å². The van der Waals surface area contributed by atoms with Gasteiger partial charge < -0.3 is 5.32 Å². The van der Waals surface area contributed by atoms with Gasteiger partial charge in [-0.1, -0.05) is 6.07 Å². The molecule has 1 aliphatic heterocycles.